The highest BCUT2D eigenvalue weighted by Crippen LogP contribution is 2.16. The van der Waals surface area contributed by atoms with Gasteiger partial charge in [-0.25, -0.2) is 0 Å². The predicted molar refractivity (Wildman–Crippen MR) is 68.6 cm³/mol. The largest absolute Gasteiger partial charge is 0.284 e. The van der Waals surface area contributed by atoms with Crippen molar-refractivity contribution in [2.24, 2.45) is 0 Å². The maximum atomic E-state index is 11.7. The molecule has 0 spiro atoms. The lowest BCUT2D eigenvalue weighted by molar-refractivity contribution is 0.974. The monoisotopic (exact) mass is 231 g/mol. The van der Waals surface area contributed by atoms with E-state index in [1.807, 2.05) is 49.7 Å². The molecule has 1 aromatic carbocycles. The van der Waals surface area contributed by atoms with Crippen LogP contribution in [0.2, 0.25) is 0 Å². The first-order valence-electron chi connectivity index (χ1n) is 5.04. The van der Waals surface area contributed by atoms with E-state index in [9.17, 15) is 4.79 Å². The average Bonchev–Trinajstić information content (AvgIpc) is 2.32. The van der Waals surface area contributed by atoms with Crippen molar-refractivity contribution in [2.45, 2.75) is 11.8 Å². The Bertz CT molecular complexity index is 543. The fourth-order valence-corrected chi connectivity index (χ4v) is 1.95. The Hall–Kier alpha value is -1.48. The van der Waals surface area contributed by atoms with E-state index in [1.165, 1.54) is 4.90 Å². The summed E-state index contributed by atoms with van der Waals surface area (Å²) in [5, 5.41) is 0. The first kappa shape index (κ1) is 11.0. The second-order valence-electron chi connectivity index (χ2n) is 3.61. The zero-order valence-electron chi connectivity index (χ0n) is 9.31. The highest BCUT2D eigenvalue weighted by molar-refractivity contribution is 7.98. The van der Waals surface area contributed by atoms with Gasteiger partial charge < -0.3 is 0 Å². The van der Waals surface area contributed by atoms with Crippen LogP contribution < -0.4 is 5.56 Å². The summed E-state index contributed by atoms with van der Waals surface area (Å²) in [4.78, 5) is 12.9. The molecular weight excluding hydrogens is 218 g/mol. The molecule has 2 nitrogen and oxygen atoms in total. The molecule has 0 radical (unpaired) electrons. The van der Waals surface area contributed by atoms with Crippen LogP contribution in [-0.4, -0.2) is 10.8 Å². The van der Waals surface area contributed by atoms with Crippen LogP contribution in [0.5, 0.6) is 0 Å². The number of thioether (sulfide) groups is 1. The second kappa shape index (κ2) is 4.58. The number of hydrogen-bond donors (Lipinski definition) is 0. The molecule has 0 saturated heterocycles. The summed E-state index contributed by atoms with van der Waals surface area (Å²) in [6.07, 6.45) is 3.89. The Morgan fingerprint density at radius 1 is 1.06 bits per heavy atom. The number of benzene rings is 1. The first-order valence-corrected chi connectivity index (χ1v) is 6.27. The summed E-state index contributed by atoms with van der Waals surface area (Å²) in [5.74, 6) is 0. The normalized spacial score (nSPS) is 10.4. The molecule has 0 N–H and O–H groups in total. The molecule has 0 saturated carbocycles. The van der Waals surface area contributed by atoms with Crippen molar-refractivity contribution in [3.63, 3.8) is 0 Å². The van der Waals surface area contributed by atoms with E-state index in [0.717, 1.165) is 11.3 Å². The van der Waals surface area contributed by atoms with E-state index in [4.69, 9.17) is 0 Å². The minimum absolute atomic E-state index is 0.00232. The lowest BCUT2D eigenvalue weighted by Crippen LogP contribution is -2.16. The summed E-state index contributed by atoms with van der Waals surface area (Å²) >= 11 is 1.69. The van der Waals surface area contributed by atoms with Crippen LogP contribution in [0.1, 0.15) is 5.56 Å². The van der Waals surface area contributed by atoms with Gasteiger partial charge in [-0.3, -0.25) is 9.36 Å². The quantitative estimate of drug-likeness (QED) is 0.741. The van der Waals surface area contributed by atoms with E-state index >= 15 is 0 Å². The van der Waals surface area contributed by atoms with Crippen LogP contribution in [0, 0.1) is 6.92 Å². The number of rotatable bonds is 2. The maximum absolute atomic E-state index is 11.7. The molecule has 0 aliphatic rings. The topological polar surface area (TPSA) is 22.0 Å². The maximum Gasteiger partial charge on any atom is 0.255 e. The Morgan fingerprint density at radius 3 is 2.38 bits per heavy atom. The first-order chi connectivity index (χ1) is 7.70. The molecule has 2 rings (SSSR count). The SMILES string of the molecule is CSc1ccc(-n2cc(C)ccc2=O)cc1. The number of nitrogens with zero attached hydrogens (tertiary/aromatic N) is 1. The van der Waals surface area contributed by atoms with Gasteiger partial charge in [0.05, 0.1) is 0 Å². The lowest BCUT2D eigenvalue weighted by Gasteiger charge is -2.06. The fourth-order valence-electron chi connectivity index (χ4n) is 1.54. The molecule has 2 aromatic rings. The second-order valence-corrected chi connectivity index (χ2v) is 4.49. The summed E-state index contributed by atoms with van der Waals surface area (Å²) in [7, 11) is 0. The Kier molecular flexibility index (Phi) is 3.15. The van der Waals surface area contributed by atoms with Crippen molar-refractivity contribution in [1.82, 2.24) is 4.57 Å². The molecule has 1 aromatic heterocycles. The van der Waals surface area contributed by atoms with Crippen LogP contribution >= 0.6 is 11.8 Å². The van der Waals surface area contributed by atoms with Gasteiger partial charge in [0.15, 0.2) is 0 Å². The molecule has 0 atom stereocenters. The van der Waals surface area contributed by atoms with Gasteiger partial charge in [0.25, 0.3) is 5.56 Å². The third-order valence-electron chi connectivity index (χ3n) is 2.41. The van der Waals surface area contributed by atoms with Crippen molar-refractivity contribution in [3.05, 3.63) is 58.5 Å². The Balaban J connectivity index is 2.50. The van der Waals surface area contributed by atoms with Gasteiger partial charge in [-0.2, -0.15) is 0 Å². The van der Waals surface area contributed by atoms with Crippen molar-refractivity contribution in [2.75, 3.05) is 6.26 Å². The highest BCUT2D eigenvalue weighted by Gasteiger charge is 1.99. The third-order valence-corrected chi connectivity index (χ3v) is 3.15. The lowest BCUT2D eigenvalue weighted by atomic mass is 10.2. The molecular formula is C13H13NOS. The van der Waals surface area contributed by atoms with Gasteiger partial charge in [-0.15, -0.1) is 11.8 Å². The summed E-state index contributed by atoms with van der Waals surface area (Å²) in [6.45, 7) is 1.98. The molecule has 16 heavy (non-hydrogen) atoms. The molecule has 82 valence electrons. The van der Waals surface area contributed by atoms with E-state index in [2.05, 4.69) is 0 Å². The number of aryl methyl sites for hydroxylation is 1. The van der Waals surface area contributed by atoms with Crippen LogP contribution in [0.25, 0.3) is 5.69 Å². The zero-order valence-corrected chi connectivity index (χ0v) is 10.1. The predicted octanol–water partition coefficient (Wildman–Crippen LogP) is 2.87. The van der Waals surface area contributed by atoms with E-state index < -0.39 is 0 Å². The van der Waals surface area contributed by atoms with Crippen molar-refractivity contribution < 1.29 is 0 Å². The molecule has 0 unspecified atom stereocenters. The minimum atomic E-state index is 0.00232. The standard InChI is InChI=1S/C13H13NOS/c1-10-3-8-13(15)14(9-10)11-4-6-12(16-2)7-5-11/h3-9H,1-2H3. The molecule has 0 amide bonds. The zero-order chi connectivity index (χ0) is 11.5. The minimum Gasteiger partial charge on any atom is -0.284 e. The van der Waals surface area contributed by atoms with E-state index in [0.29, 0.717) is 0 Å². The highest BCUT2D eigenvalue weighted by atomic mass is 32.2. The number of aromatic nitrogens is 1. The van der Waals surface area contributed by atoms with Crippen LogP contribution in [0.4, 0.5) is 0 Å². The van der Waals surface area contributed by atoms with Gasteiger partial charge in [0, 0.05) is 22.8 Å². The van der Waals surface area contributed by atoms with Crippen molar-refractivity contribution in [3.8, 4) is 5.69 Å². The summed E-state index contributed by atoms with van der Waals surface area (Å²) in [6, 6.07) is 11.4. The Morgan fingerprint density at radius 2 is 1.75 bits per heavy atom. The number of pyridine rings is 1. The van der Waals surface area contributed by atoms with Gasteiger partial charge in [0.1, 0.15) is 0 Å². The van der Waals surface area contributed by atoms with Crippen molar-refractivity contribution >= 4 is 11.8 Å². The van der Waals surface area contributed by atoms with E-state index in [-0.39, 0.29) is 5.56 Å². The van der Waals surface area contributed by atoms with Gasteiger partial charge >= 0.3 is 0 Å². The van der Waals surface area contributed by atoms with E-state index in [1.54, 1.807) is 22.4 Å². The van der Waals surface area contributed by atoms with Crippen molar-refractivity contribution in [1.29, 1.82) is 0 Å². The van der Waals surface area contributed by atoms with Crippen LogP contribution in [0.3, 0.4) is 0 Å². The van der Waals surface area contributed by atoms with Crippen LogP contribution in [0.15, 0.2) is 52.3 Å². The van der Waals surface area contributed by atoms with Gasteiger partial charge in [-0.1, -0.05) is 6.07 Å². The van der Waals surface area contributed by atoms with Gasteiger partial charge in [-0.05, 0) is 43.0 Å². The molecule has 0 bridgehead atoms. The molecule has 0 aliphatic carbocycles. The summed E-state index contributed by atoms with van der Waals surface area (Å²) < 4.78 is 1.67. The Labute approximate surface area is 98.9 Å². The molecule has 0 fully saturated rings. The molecule has 0 aliphatic heterocycles. The molecule has 3 heteroatoms. The third kappa shape index (κ3) is 2.19. The number of hydrogen-bond acceptors (Lipinski definition) is 2. The average molecular weight is 231 g/mol. The smallest absolute Gasteiger partial charge is 0.255 e. The van der Waals surface area contributed by atoms with Gasteiger partial charge in [0.2, 0.25) is 0 Å². The fraction of sp³-hybridized carbons (Fsp3) is 0.154. The van der Waals surface area contributed by atoms with Crippen LogP contribution in [-0.2, 0) is 0 Å². The summed E-state index contributed by atoms with van der Waals surface area (Å²) in [5.41, 5.74) is 1.99. The molecule has 1 heterocycles.